The molecule has 1 atom stereocenters. The van der Waals surface area contributed by atoms with Crippen LogP contribution in [0.1, 0.15) is 25.7 Å². The number of carboxylic acid groups (broad SMARTS) is 3. The molecule has 0 spiro atoms. The molecule has 0 heterocycles. The van der Waals surface area contributed by atoms with Crippen molar-refractivity contribution in [1.82, 2.24) is 0 Å². The van der Waals surface area contributed by atoms with Gasteiger partial charge < -0.3 is 15.3 Å². The Bertz CT molecular complexity index is 294. The normalized spacial score (nSPS) is 24.4. The summed E-state index contributed by atoms with van der Waals surface area (Å²) in [5.74, 6) is -4.88. The van der Waals surface area contributed by atoms with Crippen LogP contribution in [0.3, 0.4) is 0 Å². The van der Waals surface area contributed by atoms with Gasteiger partial charge in [-0.2, -0.15) is 0 Å². The van der Waals surface area contributed by atoms with Gasteiger partial charge in [0, 0.05) is 0 Å². The Morgan fingerprint density at radius 2 is 1.60 bits per heavy atom. The fourth-order valence-corrected chi connectivity index (χ4v) is 1.97. The van der Waals surface area contributed by atoms with E-state index in [1.807, 2.05) is 0 Å². The molecular formula is C9H12O6. The molecule has 0 aromatic heterocycles. The van der Waals surface area contributed by atoms with Gasteiger partial charge in [0.2, 0.25) is 0 Å². The highest BCUT2D eigenvalue weighted by Gasteiger charge is 2.51. The molecule has 0 amide bonds. The van der Waals surface area contributed by atoms with Crippen LogP contribution in [0.4, 0.5) is 0 Å². The molecule has 3 N–H and O–H groups in total. The van der Waals surface area contributed by atoms with Crippen LogP contribution in [-0.4, -0.2) is 33.2 Å². The second kappa shape index (κ2) is 3.88. The van der Waals surface area contributed by atoms with Gasteiger partial charge in [-0.25, -0.2) is 0 Å². The number of rotatable bonds is 3. The van der Waals surface area contributed by atoms with E-state index in [2.05, 4.69) is 0 Å². The summed E-state index contributed by atoms with van der Waals surface area (Å²) in [6.45, 7) is 0. The van der Waals surface area contributed by atoms with Crippen molar-refractivity contribution in [1.29, 1.82) is 0 Å². The number of carbonyl (C=O) groups is 3. The molecule has 0 radical (unpaired) electrons. The third-order valence-electron chi connectivity index (χ3n) is 2.92. The molecule has 6 heteroatoms. The number of hydrogen-bond donors (Lipinski definition) is 3. The van der Waals surface area contributed by atoms with Gasteiger partial charge >= 0.3 is 17.9 Å². The lowest BCUT2D eigenvalue weighted by molar-refractivity contribution is -0.169. The lowest BCUT2D eigenvalue weighted by atomic mass is 9.69. The molecule has 1 aliphatic carbocycles. The minimum Gasteiger partial charge on any atom is -0.481 e. The number of aliphatic carboxylic acids is 3. The van der Waals surface area contributed by atoms with Crippen LogP contribution in [0.2, 0.25) is 0 Å². The van der Waals surface area contributed by atoms with E-state index in [1.54, 1.807) is 0 Å². The molecule has 0 bridgehead atoms. The Kier molecular flexibility index (Phi) is 2.97. The summed E-state index contributed by atoms with van der Waals surface area (Å²) < 4.78 is 0. The molecule has 1 fully saturated rings. The summed E-state index contributed by atoms with van der Waals surface area (Å²) >= 11 is 0. The van der Waals surface area contributed by atoms with Gasteiger partial charge in [-0.3, -0.25) is 14.4 Å². The zero-order valence-electron chi connectivity index (χ0n) is 7.97. The van der Waals surface area contributed by atoms with Crippen LogP contribution in [0.15, 0.2) is 0 Å². The lowest BCUT2D eigenvalue weighted by Gasteiger charge is -2.32. The van der Waals surface area contributed by atoms with E-state index in [1.165, 1.54) is 0 Å². The number of carboxylic acids is 3. The Hall–Kier alpha value is -1.59. The predicted octanol–water partition coefficient (Wildman–Crippen LogP) is 0.417. The fraction of sp³-hybridized carbons (Fsp3) is 0.667. The van der Waals surface area contributed by atoms with Crippen LogP contribution in [0, 0.1) is 11.3 Å². The molecule has 15 heavy (non-hydrogen) atoms. The third-order valence-corrected chi connectivity index (χ3v) is 2.92. The molecule has 0 saturated heterocycles. The average Bonchev–Trinajstić information content (AvgIpc) is 2.17. The van der Waals surface area contributed by atoms with E-state index in [9.17, 15) is 14.4 Å². The van der Waals surface area contributed by atoms with Crippen molar-refractivity contribution in [2.24, 2.45) is 11.3 Å². The van der Waals surface area contributed by atoms with Gasteiger partial charge in [-0.1, -0.05) is 6.42 Å². The molecule has 0 aromatic carbocycles. The van der Waals surface area contributed by atoms with Crippen molar-refractivity contribution >= 4 is 17.9 Å². The van der Waals surface area contributed by atoms with Gasteiger partial charge in [0.15, 0.2) is 5.41 Å². The molecule has 84 valence electrons. The standard InChI is InChI=1S/C9H12O6/c10-6(11)5-2-1-3-9(4-5,7(12)13)8(14)15/h5H,1-4H2,(H,10,11)(H,12,13)(H,14,15). The van der Waals surface area contributed by atoms with E-state index in [4.69, 9.17) is 15.3 Å². The third kappa shape index (κ3) is 1.93. The Morgan fingerprint density at radius 1 is 1.07 bits per heavy atom. The highest BCUT2D eigenvalue weighted by Crippen LogP contribution is 2.40. The predicted molar refractivity (Wildman–Crippen MR) is 47.3 cm³/mol. The van der Waals surface area contributed by atoms with E-state index < -0.39 is 29.2 Å². The first-order chi connectivity index (χ1) is 6.90. The molecule has 0 aromatic rings. The first-order valence-corrected chi connectivity index (χ1v) is 4.60. The molecule has 1 aliphatic rings. The summed E-state index contributed by atoms with van der Waals surface area (Å²) in [6, 6.07) is 0. The molecule has 1 unspecified atom stereocenters. The quantitative estimate of drug-likeness (QED) is 0.589. The maximum absolute atomic E-state index is 10.9. The van der Waals surface area contributed by atoms with Crippen molar-refractivity contribution in [3.8, 4) is 0 Å². The molecule has 0 aliphatic heterocycles. The van der Waals surface area contributed by atoms with Crippen LogP contribution >= 0.6 is 0 Å². The largest absolute Gasteiger partial charge is 0.481 e. The summed E-state index contributed by atoms with van der Waals surface area (Å²) in [5.41, 5.74) is -1.92. The first kappa shape index (κ1) is 11.5. The summed E-state index contributed by atoms with van der Waals surface area (Å²) in [6.07, 6.45) is 0.335. The highest BCUT2D eigenvalue weighted by molar-refractivity contribution is 5.98. The fourth-order valence-electron chi connectivity index (χ4n) is 1.97. The van der Waals surface area contributed by atoms with Gasteiger partial charge in [-0.05, 0) is 19.3 Å². The number of hydrogen-bond acceptors (Lipinski definition) is 3. The Morgan fingerprint density at radius 3 is 2.00 bits per heavy atom. The Balaban J connectivity index is 2.95. The zero-order valence-corrected chi connectivity index (χ0v) is 7.97. The smallest absolute Gasteiger partial charge is 0.321 e. The second-order valence-electron chi connectivity index (χ2n) is 3.82. The molecule has 1 rings (SSSR count). The van der Waals surface area contributed by atoms with Crippen LogP contribution in [0.25, 0.3) is 0 Å². The van der Waals surface area contributed by atoms with Gasteiger partial charge in [0.1, 0.15) is 0 Å². The van der Waals surface area contributed by atoms with Crippen LogP contribution in [0.5, 0.6) is 0 Å². The van der Waals surface area contributed by atoms with Crippen molar-refractivity contribution < 1.29 is 29.7 Å². The minimum atomic E-state index is -1.92. The van der Waals surface area contributed by atoms with Gasteiger partial charge in [0.05, 0.1) is 5.92 Å². The topological polar surface area (TPSA) is 112 Å². The maximum Gasteiger partial charge on any atom is 0.321 e. The van der Waals surface area contributed by atoms with E-state index >= 15 is 0 Å². The SMILES string of the molecule is O=C(O)C1CCCC(C(=O)O)(C(=O)O)C1. The van der Waals surface area contributed by atoms with Crippen LogP contribution < -0.4 is 0 Å². The monoisotopic (exact) mass is 216 g/mol. The van der Waals surface area contributed by atoms with E-state index in [0.29, 0.717) is 12.8 Å². The molecule has 1 saturated carbocycles. The van der Waals surface area contributed by atoms with Crippen molar-refractivity contribution in [3.63, 3.8) is 0 Å². The first-order valence-electron chi connectivity index (χ1n) is 4.60. The van der Waals surface area contributed by atoms with Gasteiger partial charge in [-0.15, -0.1) is 0 Å². The summed E-state index contributed by atoms with van der Waals surface area (Å²) in [5, 5.41) is 26.5. The molecule has 6 nitrogen and oxygen atoms in total. The van der Waals surface area contributed by atoms with Crippen molar-refractivity contribution in [2.45, 2.75) is 25.7 Å². The second-order valence-corrected chi connectivity index (χ2v) is 3.82. The minimum absolute atomic E-state index is 0.00144. The van der Waals surface area contributed by atoms with Crippen molar-refractivity contribution in [3.05, 3.63) is 0 Å². The lowest BCUT2D eigenvalue weighted by Crippen LogP contribution is -2.44. The average molecular weight is 216 g/mol. The van der Waals surface area contributed by atoms with E-state index in [-0.39, 0.29) is 12.8 Å². The van der Waals surface area contributed by atoms with Gasteiger partial charge in [0.25, 0.3) is 0 Å². The maximum atomic E-state index is 10.9. The van der Waals surface area contributed by atoms with Crippen molar-refractivity contribution in [2.75, 3.05) is 0 Å². The summed E-state index contributed by atoms with van der Waals surface area (Å²) in [4.78, 5) is 32.5. The summed E-state index contributed by atoms with van der Waals surface area (Å²) in [7, 11) is 0. The highest BCUT2D eigenvalue weighted by atomic mass is 16.4. The molecular weight excluding hydrogens is 204 g/mol. The van der Waals surface area contributed by atoms with Crippen LogP contribution in [-0.2, 0) is 14.4 Å². The Labute approximate surface area is 85.5 Å². The van der Waals surface area contributed by atoms with E-state index in [0.717, 1.165) is 0 Å². The zero-order chi connectivity index (χ0) is 11.6.